The van der Waals surface area contributed by atoms with Crippen LogP contribution in [0, 0.1) is 13.8 Å². The van der Waals surface area contributed by atoms with Gasteiger partial charge in [0.25, 0.3) is 13.4 Å². The number of aromatic nitrogens is 1. The van der Waals surface area contributed by atoms with Gasteiger partial charge in [-0.05, 0) is 165 Å². The summed E-state index contributed by atoms with van der Waals surface area (Å²) in [7, 11) is 0. The Morgan fingerprint density at radius 1 is 0.293 bits per heavy atom. The molecule has 16 rings (SSSR count). The van der Waals surface area contributed by atoms with Crippen LogP contribution in [-0.2, 0) is 0 Å². The van der Waals surface area contributed by atoms with Crippen molar-refractivity contribution in [1.29, 1.82) is 0 Å². The Kier molecular flexibility index (Phi) is 8.99. The number of nitrogens with zero attached hydrogens (tertiary/aromatic N) is 1. The second-order valence-electron chi connectivity index (χ2n) is 20.4. The molecule has 0 bridgehead atoms. The number of hydrogen-bond donors (Lipinski definition) is 0. The fourth-order valence-corrected chi connectivity index (χ4v) is 12.8. The zero-order valence-corrected chi connectivity index (χ0v) is 41.1. The summed E-state index contributed by atoms with van der Waals surface area (Å²) < 4.78 is 29.9. The molecule has 0 saturated heterocycles. The highest BCUT2D eigenvalue weighted by molar-refractivity contribution is 6.99. The van der Waals surface area contributed by atoms with Crippen molar-refractivity contribution in [2.75, 3.05) is 0 Å². The van der Waals surface area contributed by atoms with E-state index in [9.17, 15) is 0 Å². The van der Waals surface area contributed by atoms with Crippen molar-refractivity contribution in [3.63, 3.8) is 0 Å². The smallest absolute Gasteiger partial charge is 0.260 e. The number of benzene rings is 11. The molecule has 0 amide bonds. The second-order valence-corrected chi connectivity index (χ2v) is 20.4. The maximum absolute atomic E-state index is 6.84. The first-order chi connectivity index (χ1) is 37.0. The summed E-state index contributed by atoms with van der Waals surface area (Å²) in [6.45, 7) is 4.44. The molecule has 0 saturated carbocycles. The van der Waals surface area contributed by atoms with Crippen LogP contribution in [0.2, 0.25) is 0 Å². The van der Waals surface area contributed by atoms with Crippen LogP contribution >= 0.6 is 0 Å². The van der Waals surface area contributed by atoms with Crippen molar-refractivity contribution in [2.45, 2.75) is 13.8 Å². The monoisotopic (exact) mass is 959 g/mol. The van der Waals surface area contributed by atoms with Crippen molar-refractivity contribution < 1.29 is 18.9 Å². The van der Waals surface area contributed by atoms with E-state index in [0.717, 1.165) is 140 Å². The van der Waals surface area contributed by atoms with Gasteiger partial charge in [0.2, 0.25) is 0 Å². The molecule has 0 aliphatic carbocycles. The molecule has 11 aromatic carbocycles. The standard InChI is InChI=1S/C68H43B2NO4/c1-40-32-49(47-22-8-6-20-45(47)42-36-61-65-62(37-42)73-58-29-15-11-25-54(58)69(65)53-24-10-14-28-57(53)72-61)67-51(34-40)52-35-41(2)33-50(68(52)71(67)44-18-4-3-5-19-44)48-23-9-7-21-46(48)43-38-63-66-64(39-43)75-60-31-17-13-27-56(60)70(66)55-26-12-16-30-59(55)74-63/h3-39H,1-2H3. The van der Waals surface area contributed by atoms with E-state index in [1.54, 1.807) is 0 Å². The Hall–Kier alpha value is -9.45. The predicted octanol–water partition coefficient (Wildman–Crippen LogP) is 13.5. The van der Waals surface area contributed by atoms with E-state index >= 15 is 0 Å². The van der Waals surface area contributed by atoms with Gasteiger partial charge >= 0.3 is 0 Å². The normalized spacial score (nSPS) is 13.0. The molecule has 0 radical (unpaired) electrons. The lowest BCUT2D eigenvalue weighted by Crippen LogP contribution is -2.57. The Bertz CT molecular complexity index is 4020. The summed E-state index contributed by atoms with van der Waals surface area (Å²) >= 11 is 0. The first-order valence-corrected chi connectivity index (χ1v) is 25.8. The van der Waals surface area contributed by atoms with Gasteiger partial charge in [-0.3, -0.25) is 0 Å². The minimum Gasteiger partial charge on any atom is -0.458 e. The van der Waals surface area contributed by atoms with Crippen molar-refractivity contribution in [3.8, 4) is 96.2 Å². The zero-order valence-electron chi connectivity index (χ0n) is 41.1. The molecular weight excluding hydrogens is 916 g/mol. The fraction of sp³-hybridized carbons (Fsp3) is 0.0294. The average Bonchev–Trinajstić information content (AvgIpc) is 3.87. The van der Waals surface area contributed by atoms with Crippen molar-refractivity contribution in [3.05, 3.63) is 236 Å². The maximum atomic E-state index is 6.84. The number of aryl methyl sites for hydroxylation is 2. The van der Waals surface area contributed by atoms with Crippen LogP contribution in [0.25, 0.3) is 72.0 Å². The molecule has 12 aromatic rings. The predicted molar refractivity (Wildman–Crippen MR) is 307 cm³/mol. The van der Waals surface area contributed by atoms with E-state index in [1.165, 1.54) is 21.9 Å². The van der Waals surface area contributed by atoms with E-state index in [1.807, 2.05) is 0 Å². The number of ether oxygens (including phenoxy) is 4. The highest BCUT2D eigenvalue weighted by Crippen LogP contribution is 2.49. The molecule has 1 aromatic heterocycles. The first-order valence-electron chi connectivity index (χ1n) is 25.8. The quantitative estimate of drug-likeness (QED) is 0.161. The van der Waals surface area contributed by atoms with Gasteiger partial charge < -0.3 is 23.5 Å². The van der Waals surface area contributed by atoms with Crippen molar-refractivity contribution >= 4 is 68.0 Å². The number of hydrogen-bond acceptors (Lipinski definition) is 4. The van der Waals surface area contributed by atoms with Crippen LogP contribution in [0.5, 0.6) is 46.0 Å². The molecule has 5 heterocycles. The van der Waals surface area contributed by atoms with Gasteiger partial charge in [0.15, 0.2) is 0 Å². The summed E-state index contributed by atoms with van der Waals surface area (Å²) in [6, 6.07) is 80.4. The third kappa shape index (κ3) is 6.28. The highest BCUT2D eigenvalue weighted by atomic mass is 16.5. The van der Waals surface area contributed by atoms with Crippen molar-refractivity contribution in [1.82, 2.24) is 4.57 Å². The van der Waals surface area contributed by atoms with Crippen LogP contribution in [0.3, 0.4) is 0 Å². The Morgan fingerprint density at radius 2 is 0.613 bits per heavy atom. The van der Waals surface area contributed by atoms with E-state index < -0.39 is 0 Å². The lowest BCUT2D eigenvalue weighted by Gasteiger charge is -2.33. The van der Waals surface area contributed by atoms with Gasteiger partial charge in [-0.2, -0.15) is 0 Å². The Labute approximate surface area is 435 Å². The van der Waals surface area contributed by atoms with Gasteiger partial charge in [-0.25, -0.2) is 0 Å². The van der Waals surface area contributed by atoms with Crippen molar-refractivity contribution in [2.24, 2.45) is 0 Å². The highest BCUT2D eigenvalue weighted by Gasteiger charge is 2.42. The average molecular weight is 960 g/mol. The molecule has 4 aliphatic heterocycles. The van der Waals surface area contributed by atoms with E-state index in [2.05, 4.69) is 243 Å². The van der Waals surface area contributed by atoms with Gasteiger partial charge in [-0.1, -0.05) is 140 Å². The summed E-state index contributed by atoms with van der Waals surface area (Å²) in [5, 5.41) is 2.38. The van der Waals surface area contributed by atoms with E-state index in [4.69, 9.17) is 18.9 Å². The van der Waals surface area contributed by atoms with Crippen LogP contribution in [0.4, 0.5) is 0 Å². The number of para-hydroxylation sites is 5. The number of fused-ring (bicyclic) bond motifs is 11. The van der Waals surface area contributed by atoms with Crippen LogP contribution in [0.1, 0.15) is 11.1 Å². The third-order valence-corrected chi connectivity index (χ3v) is 15.9. The molecule has 0 spiro atoms. The van der Waals surface area contributed by atoms with E-state index in [-0.39, 0.29) is 13.4 Å². The first kappa shape index (κ1) is 42.1. The molecule has 75 heavy (non-hydrogen) atoms. The molecule has 0 unspecified atom stereocenters. The minimum atomic E-state index is -0.000831. The topological polar surface area (TPSA) is 41.9 Å². The summed E-state index contributed by atoms with van der Waals surface area (Å²) in [5.41, 5.74) is 21.1. The Morgan fingerprint density at radius 3 is 0.987 bits per heavy atom. The largest absolute Gasteiger partial charge is 0.458 e. The van der Waals surface area contributed by atoms with Gasteiger partial charge in [0.05, 0.1) is 11.0 Å². The second kappa shape index (κ2) is 16.0. The number of rotatable bonds is 5. The fourth-order valence-electron chi connectivity index (χ4n) is 12.8. The van der Waals surface area contributed by atoms with Crippen LogP contribution in [-0.4, -0.2) is 18.0 Å². The lowest BCUT2D eigenvalue weighted by atomic mass is 9.35. The molecule has 350 valence electrons. The van der Waals surface area contributed by atoms with Gasteiger partial charge in [0, 0.05) is 38.5 Å². The summed E-state index contributed by atoms with van der Waals surface area (Å²) in [4.78, 5) is 0. The molecule has 7 heteroatoms. The maximum Gasteiger partial charge on any atom is 0.260 e. The van der Waals surface area contributed by atoms with E-state index in [0.29, 0.717) is 0 Å². The third-order valence-electron chi connectivity index (χ3n) is 15.9. The molecule has 0 atom stereocenters. The van der Waals surface area contributed by atoms with Crippen LogP contribution < -0.4 is 51.7 Å². The zero-order chi connectivity index (χ0) is 49.5. The SMILES string of the molecule is Cc1cc(-c2ccccc2-c2cc3c4c(c2)Oc2ccccc2B4c2ccccc2O3)c2c(c1)c1cc(C)cc(-c3ccccc3-c3cc4c5c(c3)Oc3ccccc3B5c3ccccc3O4)c1n2-c1ccccc1. The van der Waals surface area contributed by atoms with Crippen LogP contribution in [0.15, 0.2) is 224 Å². The molecule has 0 N–H and O–H groups in total. The molecular formula is C68H43B2NO4. The Balaban J connectivity index is 0.915. The molecule has 5 nitrogen and oxygen atoms in total. The minimum absolute atomic E-state index is 0.000831. The lowest BCUT2D eigenvalue weighted by molar-refractivity contribution is 0.464. The molecule has 0 fully saturated rings. The van der Waals surface area contributed by atoms with Gasteiger partial charge in [-0.15, -0.1) is 0 Å². The van der Waals surface area contributed by atoms with Gasteiger partial charge in [0.1, 0.15) is 46.0 Å². The molecule has 4 aliphatic rings. The summed E-state index contributed by atoms with van der Waals surface area (Å²) in [6.07, 6.45) is 0. The summed E-state index contributed by atoms with van der Waals surface area (Å²) in [5.74, 6) is 6.76.